The molecule has 213 valence electrons. The summed E-state index contributed by atoms with van der Waals surface area (Å²) in [5, 5.41) is 1.48. The van der Waals surface area contributed by atoms with Crippen molar-refractivity contribution in [2.45, 2.75) is 53.3 Å². The van der Waals surface area contributed by atoms with Gasteiger partial charge in [0.15, 0.2) is 0 Å². The third-order valence-corrected chi connectivity index (χ3v) is 9.39. The van der Waals surface area contributed by atoms with Gasteiger partial charge >= 0.3 is 0 Å². The van der Waals surface area contributed by atoms with E-state index in [0.29, 0.717) is 5.92 Å². The maximum Gasteiger partial charge on any atom is 0.0799 e. The molecule has 0 saturated heterocycles. The van der Waals surface area contributed by atoms with Crippen LogP contribution in [0, 0.1) is 17.5 Å². The summed E-state index contributed by atoms with van der Waals surface area (Å²) in [5.41, 5.74) is 8.14. The van der Waals surface area contributed by atoms with Crippen molar-refractivity contribution in [2.75, 3.05) is 0 Å². The molecule has 2 heterocycles. The van der Waals surface area contributed by atoms with Gasteiger partial charge in [-0.15, -0.1) is 71.8 Å². The number of pyridine rings is 2. The van der Waals surface area contributed by atoms with Gasteiger partial charge in [0.1, 0.15) is 0 Å². The average molecular weight is 733 g/mol. The molecule has 0 spiro atoms. The van der Waals surface area contributed by atoms with Crippen LogP contribution in [0.2, 0.25) is 19.6 Å². The quantitative estimate of drug-likeness (QED) is 0.133. The molecule has 0 fully saturated rings. The number of aromatic nitrogens is 2. The van der Waals surface area contributed by atoms with Crippen molar-refractivity contribution in [3.8, 4) is 33.6 Å². The summed E-state index contributed by atoms with van der Waals surface area (Å²) in [6.45, 7) is 16.5. The van der Waals surface area contributed by atoms with Crippen LogP contribution in [-0.4, -0.2) is 18.0 Å². The third-order valence-electron chi connectivity index (χ3n) is 7.35. The maximum absolute atomic E-state index is 4.74. The predicted molar refractivity (Wildman–Crippen MR) is 173 cm³/mol. The van der Waals surface area contributed by atoms with Gasteiger partial charge in [0.2, 0.25) is 0 Å². The van der Waals surface area contributed by atoms with Gasteiger partial charge in [0.25, 0.3) is 0 Å². The third kappa shape index (κ3) is 8.42. The summed E-state index contributed by atoms with van der Waals surface area (Å²) < 4.78 is 0. The molecular formula is C37H40IrN2Si-2. The van der Waals surface area contributed by atoms with Crippen molar-refractivity contribution < 1.29 is 20.1 Å². The molecule has 0 amide bonds. The summed E-state index contributed by atoms with van der Waals surface area (Å²) in [6, 6.07) is 39.2. The Labute approximate surface area is 261 Å². The van der Waals surface area contributed by atoms with Crippen LogP contribution in [0.3, 0.4) is 0 Å². The first-order valence-electron chi connectivity index (χ1n) is 14.0. The molecule has 5 rings (SSSR count). The van der Waals surface area contributed by atoms with E-state index in [-0.39, 0.29) is 25.5 Å². The zero-order valence-corrected chi connectivity index (χ0v) is 28.6. The Balaban J connectivity index is 0.000000224. The SMILES string of the molecule is CC(c1cc(-c2[c-]cccc2)ncc1[Si](C)(C)C)C(C)(C)C.[Ir].[c-]1ccccc1-c1ncccc1-c1ccccc1. The molecule has 0 aliphatic heterocycles. The summed E-state index contributed by atoms with van der Waals surface area (Å²) >= 11 is 0. The first kappa shape index (κ1) is 32.3. The second-order valence-corrected chi connectivity index (χ2v) is 17.4. The van der Waals surface area contributed by atoms with Crippen molar-refractivity contribution in [1.29, 1.82) is 0 Å². The number of hydrogen-bond acceptors (Lipinski definition) is 2. The summed E-state index contributed by atoms with van der Waals surface area (Å²) in [7, 11) is -1.42. The molecule has 1 unspecified atom stereocenters. The Hall–Kier alpha value is -3.17. The monoisotopic (exact) mass is 733 g/mol. The smallest absolute Gasteiger partial charge is 0.0799 e. The molecular weight excluding hydrogens is 693 g/mol. The fourth-order valence-electron chi connectivity index (χ4n) is 4.63. The van der Waals surface area contributed by atoms with Crippen LogP contribution in [0.15, 0.2) is 109 Å². The molecule has 0 bridgehead atoms. The Morgan fingerprint density at radius 2 is 1.34 bits per heavy atom. The van der Waals surface area contributed by atoms with Crippen molar-refractivity contribution in [2.24, 2.45) is 5.41 Å². The molecule has 0 aliphatic carbocycles. The summed E-state index contributed by atoms with van der Waals surface area (Å²) in [5.74, 6) is 0.500. The molecule has 41 heavy (non-hydrogen) atoms. The number of hydrogen-bond donors (Lipinski definition) is 0. The van der Waals surface area contributed by atoms with E-state index in [2.05, 4.69) is 101 Å². The van der Waals surface area contributed by atoms with E-state index >= 15 is 0 Å². The van der Waals surface area contributed by atoms with Crippen LogP contribution < -0.4 is 5.19 Å². The van der Waals surface area contributed by atoms with Gasteiger partial charge in [-0.25, -0.2) is 0 Å². The molecule has 0 aliphatic rings. The maximum atomic E-state index is 4.74. The van der Waals surface area contributed by atoms with Gasteiger partial charge < -0.3 is 9.97 Å². The predicted octanol–water partition coefficient (Wildman–Crippen LogP) is 9.46. The molecule has 0 saturated carbocycles. The molecule has 3 aromatic carbocycles. The van der Waals surface area contributed by atoms with Gasteiger partial charge in [-0.3, -0.25) is 0 Å². The summed E-state index contributed by atoms with van der Waals surface area (Å²) in [6.07, 6.45) is 3.95. The Bertz CT molecular complexity index is 1450. The van der Waals surface area contributed by atoms with Crippen LogP contribution in [0.4, 0.5) is 0 Å². The fraction of sp³-hybridized carbons (Fsp3) is 0.243. The van der Waals surface area contributed by atoms with E-state index in [1.807, 2.05) is 72.9 Å². The minimum absolute atomic E-state index is 0. The molecule has 2 nitrogen and oxygen atoms in total. The van der Waals surface area contributed by atoms with Crippen molar-refractivity contribution in [3.05, 3.63) is 127 Å². The normalized spacial score (nSPS) is 12.0. The van der Waals surface area contributed by atoms with E-state index in [9.17, 15) is 0 Å². The van der Waals surface area contributed by atoms with E-state index in [0.717, 1.165) is 28.1 Å². The van der Waals surface area contributed by atoms with E-state index < -0.39 is 8.07 Å². The standard InChI is InChI=1S/C20H28NSi.C17H12N.Ir/c1-15(20(2,3)4)17-13-18(16-11-9-8-10-12-16)21-14-19(17)22(5,6)7;1-3-8-14(9-4-1)16-12-7-13-18-17(16)15-10-5-2-6-11-15;/h8-11,13-15H,1-7H3;1-10,12-13H;/q2*-1;. The zero-order valence-electron chi connectivity index (χ0n) is 25.2. The largest absolute Gasteiger partial charge is 0.305 e. The Kier molecular flexibility index (Phi) is 11.2. The first-order valence-corrected chi connectivity index (χ1v) is 17.5. The number of benzene rings is 3. The zero-order chi connectivity index (χ0) is 28.8. The molecule has 1 atom stereocenters. The summed E-state index contributed by atoms with van der Waals surface area (Å²) in [4.78, 5) is 9.24. The molecule has 1 radical (unpaired) electrons. The van der Waals surface area contributed by atoms with E-state index in [1.54, 1.807) is 0 Å². The van der Waals surface area contributed by atoms with Crippen LogP contribution in [0.5, 0.6) is 0 Å². The van der Waals surface area contributed by atoms with Crippen molar-refractivity contribution in [3.63, 3.8) is 0 Å². The van der Waals surface area contributed by atoms with E-state index in [1.165, 1.54) is 16.3 Å². The van der Waals surface area contributed by atoms with Gasteiger partial charge in [-0.1, -0.05) is 95.4 Å². The second kappa shape index (κ2) is 14.1. The van der Waals surface area contributed by atoms with Crippen LogP contribution in [0.1, 0.15) is 39.2 Å². The van der Waals surface area contributed by atoms with Crippen LogP contribution in [0.25, 0.3) is 33.6 Å². The Morgan fingerprint density at radius 3 is 1.90 bits per heavy atom. The van der Waals surface area contributed by atoms with Gasteiger partial charge in [0.05, 0.1) is 8.07 Å². The van der Waals surface area contributed by atoms with Crippen LogP contribution in [-0.2, 0) is 20.1 Å². The molecule has 5 aromatic rings. The average Bonchev–Trinajstić information content (AvgIpc) is 2.97. The van der Waals surface area contributed by atoms with Crippen molar-refractivity contribution >= 4 is 13.3 Å². The van der Waals surface area contributed by atoms with Gasteiger partial charge in [-0.05, 0) is 45.1 Å². The minimum Gasteiger partial charge on any atom is -0.305 e. The molecule has 4 heteroatoms. The van der Waals surface area contributed by atoms with Crippen molar-refractivity contribution in [1.82, 2.24) is 9.97 Å². The fourth-order valence-corrected chi connectivity index (χ4v) is 6.24. The van der Waals surface area contributed by atoms with Crippen LogP contribution >= 0.6 is 0 Å². The topological polar surface area (TPSA) is 25.8 Å². The van der Waals surface area contributed by atoms with Gasteiger partial charge in [0, 0.05) is 32.5 Å². The second-order valence-electron chi connectivity index (χ2n) is 12.3. The minimum atomic E-state index is -1.42. The Morgan fingerprint density at radius 1 is 0.732 bits per heavy atom. The molecule has 0 N–H and O–H groups in total. The first-order chi connectivity index (χ1) is 19.1. The van der Waals surface area contributed by atoms with Gasteiger partial charge in [-0.2, -0.15) is 0 Å². The molecule has 2 aromatic heterocycles. The number of rotatable bonds is 5. The van der Waals surface area contributed by atoms with E-state index in [4.69, 9.17) is 4.98 Å². The number of nitrogens with zero attached hydrogens (tertiary/aromatic N) is 2.